The third kappa shape index (κ3) is 3.76. The van der Waals surface area contributed by atoms with Gasteiger partial charge in [0.25, 0.3) is 0 Å². The van der Waals surface area contributed by atoms with Crippen molar-refractivity contribution in [2.24, 2.45) is 0 Å². The maximum atomic E-state index is 13.0. The molecule has 0 bridgehead atoms. The molecule has 1 spiro atoms. The molecule has 2 heterocycles. The van der Waals surface area contributed by atoms with Crippen molar-refractivity contribution in [3.8, 4) is 0 Å². The molecule has 5 rings (SSSR count). The lowest BCUT2D eigenvalue weighted by molar-refractivity contribution is -0.852. The molecule has 3 atom stereocenters. The molecule has 0 aromatic heterocycles. The minimum atomic E-state index is -0.185. The molecule has 2 aromatic carbocycles. The molecule has 2 aromatic rings. The summed E-state index contributed by atoms with van der Waals surface area (Å²) in [7, 11) is 0. The predicted molar refractivity (Wildman–Crippen MR) is 124 cm³/mol. The monoisotopic (exact) mass is 453 g/mol. The number of rotatable bonds is 6. The van der Waals surface area contributed by atoms with Crippen LogP contribution in [-0.2, 0) is 9.53 Å². The molecule has 3 aliphatic rings. The summed E-state index contributed by atoms with van der Waals surface area (Å²) >= 11 is 5.91. The number of carbonyl (C=O) groups excluding carboxylic acids is 2. The van der Waals surface area contributed by atoms with Crippen molar-refractivity contribution < 1.29 is 18.8 Å². The number of fused-ring (bicyclic) bond motifs is 3. The first kappa shape index (κ1) is 21.6. The zero-order valence-corrected chi connectivity index (χ0v) is 19.0. The molecule has 1 saturated carbocycles. The zero-order valence-electron chi connectivity index (χ0n) is 18.3. The van der Waals surface area contributed by atoms with Crippen LogP contribution in [0.25, 0.3) is 0 Å². The topological polar surface area (TPSA) is 55.4 Å². The van der Waals surface area contributed by atoms with Gasteiger partial charge in [0.05, 0.1) is 13.2 Å². The standard InChI is InChI=1S/C26H29ClN2O3/c27-22-8-6-20(7-9-22)23(30)10-11-25(31)28-26-13-12-21(19-4-2-1-3-5-19)18-24(26)29(26)14-16-32-17-15-29/h1-9,21,24H,10-18H2/p+1. The summed E-state index contributed by atoms with van der Waals surface area (Å²) in [6.07, 6.45) is 3.58. The lowest BCUT2D eigenvalue weighted by Gasteiger charge is -2.30. The van der Waals surface area contributed by atoms with Crippen LogP contribution >= 0.6 is 11.6 Å². The number of nitrogens with one attached hydrogen (secondary N) is 1. The van der Waals surface area contributed by atoms with Crippen molar-refractivity contribution in [1.82, 2.24) is 5.32 Å². The van der Waals surface area contributed by atoms with Gasteiger partial charge in [0.2, 0.25) is 11.6 Å². The van der Waals surface area contributed by atoms with Crippen LogP contribution in [0.2, 0.25) is 5.02 Å². The molecule has 0 radical (unpaired) electrons. The number of hydrogen-bond acceptors (Lipinski definition) is 3. The summed E-state index contributed by atoms with van der Waals surface area (Å²) in [5.41, 5.74) is 1.82. The van der Waals surface area contributed by atoms with E-state index < -0.39 is 0 Å². The number of carbonyl (C=O) groups is 2. The fraction of sp³-hybridized carbons (Fsp3) is 0.462. The Morgan fingerprint density at radius 1 is 1.03 bits per heavy atom. The number of ether oxygens (including phenoxy) is 1. The minimum absolute atomic E-state index is 0.0167. The molecule has 6 heteroatoms. The fourth-order valence-electron chi connectivity index (χ4n) is 6.22. The first-order valence-corrected chi connectivity index (χ1v) is 12.0. The summed E-state index contributed by atoms with van der Waals surface area (Å²) in [5, 5.41) is 4.02. The van der Waals surface area contributed by atoms with Gasteiger partial charge >= 0.3 is 0 Å². The number of quaternary nitrogens is 1. The van der Waals surface area contributed by atoms with Crippen LogP contribution in [0, 0.1) is 0 Å². The van der Waals surface area contributed by atoms with E-state index in [9.17, 15) is 9.59 Å². The van der Waals surface area contributed by atoms with E-state index in [1.54, 1.807) is 24.3 Å². The number of halogens is 1. The maximum Gasteiger partial charge on any atom is 0.228 e. The van der Waals surface area contributed by atoms with Gasteiger partial charge in [-0.05, 0) is 42.2 Å². The lowest BCUT2D eigenvalue weighted by atomic mass is 9.82. The summed E-state index contributed by atoms with van der Waals surface area (Å²) in [4.78, 5) is 25.5. The molecule has 32 heavy (non-hydrogen) atoms. The van der Waals surface area contributed by atoms with E-state index in [-0.39, 0.29) is 30.2 Å². The lowest BCUT2D eigenvalue weighted by Crippen LogP contribution is -2.52. The molecule has 1 N–H and O–H groups in total. The van der Waals surface area contributed by atoms with Crippen molar-refractivity contribution >= 4 is 23.3 Å². The molecule has 2 aliphatic heterocycles. The van der Waals surface area contributed by atoms with Gasteiger partial charge in [-0.15, -0.1) is 0 Å². The number of nitrogens with zero attached hydrogens (tertiary/aromatic N) is 1. The Balaban J connectivity index is 1.26. The van der Waals surface area contributed by atoms with Crippen LogP contribution in [0.5, 0.6) is 0 Å². The molecule has 1 aliphatic carbocycles. The number of benzene rings is 2. The average Bonchev–Trinajstić information content (AvgIpc) is 3.36. The van der Waals surface area contributed by atoms with Crippen LogP contribution < -0.4 is 5.32 Å². The van der Waals surface area contributed by atoms with E-state index in [0.717, 1.165) is 50.0 Å². The average molecular weight is 454 g/mol. The van der Waals surface area contributed by atoms with Gasteiger partial charge in [-0.2, -0.15) is 0 Å². The highest BCUT2D eigenvalue weighted by atomic mass is 35.5. The summed E-state index contributed by atoms with van der Waals surface area (Å²) in [6.45, 7) is 3.41. The Morgan fingerprint density at radius 3 is 2.47 bits per heavy atom. The van der Waals surface area contributed by atoms with Crippen molar-refractivity contribution in [3.63, 3.8) is 0 Å². The fourth-order valence-corrected chi connectivity index (χ4v) is 6.34. The first-order valence-electron chi connectivity index (χ1n) is 11.6. The number of morpholine rings is 1. The second-order valence-corrected chi connectivity index (χ2v) is 9.83. The summed E-state index contributed by atoms with van der Waals surface area (Å²) in [6, 6.07) is 18.0. The highest BCUT2D eigenvalue weighted by Crippen LogP contribution is 2.60. The Kier molecular flexibility index (Phi) is 5.82. The van der Waals surface area contributed by atoms with Crippen LogP contribution in [0.4, 0.5) is 0 Å². The van der Waals surface area contributed by atoms with Gasteiger partial charge in [0, 0.05) is 36.3 Å². The van der Waals surface area contributed by atoms with Crippen LogP contribution in [0.1, 0.15) is 53.9 Å². The van der Waals surface area contributed by atoms with E-state index in [1.165, 1.54) is 5.56 Å². The summed E-state index contributed by atoms with van der Waals surface area (Å²) < 4.78 is 6.62. The quantitative estimate of drug-likeness (QED) is 0.403. The van der Waals surface area contributed by atoms with Crippen molar-refractivity contribution in [3.05, 3.63) is 70.7 Å². The van der Waals surface area contributed by atoms with Gasteiger partial charge < -0.3 is 4.74 Å². The molecule has 3 fully saturated rings. The molecular formula is C26H30ClN2O3+. The Morgan fingerprint density at radius 2 is 1.75 bits per heavy atom. The smallest absolute Gasteiger partial charge is 0.228 e. The Bertz CT molecular complexity index is 988. The van der Waals surface area contributed by atoms with E-state index in [0.29, 0.717) is 22.5 Å². The number of Topliss-reactive ketones (excluding diaryl/α,β-unsaturated/α-hetero) is 1. The van der Waals surface area contributed by atoms with E-state index in [1.807, 2.05) is 0 Å². The SMILES string of the molecule is O=C(CCC(=O)c1ccc(Cl)cc1)NC12CCC(c3ccccc3)CC1[N+]21CCOCC1. The molecule has 168 valence electrons. The molecule has 5 nitrogen and oxygen atoms in total. The minimum Gasteiger partial charge on any atom is -0.370 e. The van der Waals surface area contributed by atoms with Gasteiger partial charge in [-0.25, -0.2) is 0 Å². The number of hydrogen-bond donors (Lipinski definition) is 1. The molecule has 2 saturated heterocycles. The van der Waals surface area contributed by atoms with Crippen molar-refractivity contribution in [1.29, 1.82) is 0 Å². The molecular weight excluding hydrogens is 424 g/mol. The van der Waals surface area contributed by atoms with Crippen LogP contribution in [0.15, 0.2) is 54.6 Å². The van der Waals surface area contributed by atoms with Crippen molar-refractivity contribution in [2.75, 3.05) is 26.3 Å². The normalized spacial score (nSPS) is 28.0. The van der Waals surface area contributed by atoms with Gasteiger partial charge in [-0.3, -0.25) is 19.4 Å². The van der Waals surface area contributed by atoms with Gasteiger partial charge in [0.15, 0.2) is 11.8 Å². The molecule has 3 unspecified atom stereocenters. The first-order chi connectivity index (χ1) is 15.5. The van der Waals surface area contributed by atoms with Gasteiger partial charge in [-0.1, -0.05) is 41.9 Å². The highest BCUT2D eigenvalue weighted by molar-refractivity contribution is 6.30. The second-order valence-electron chi connectivity index (χ2n) is 9.39. The van der Waals surface area contributed by atoms with E-state index in [2.05, 4.69) is 35.6 Å². The van der Waals surface area contributed by atoms with E-state index in [4.69, 9.17) is 16.3 Å². The van der Waals surface area contributed by atoms with E-state index >= 15 is 0 Å². The largest absolute Gasteiger partial charge is 0.370 e. The third-order valence-corrected chi connectivity index (χ3v) is 8.15. The Hall–Kier alpha value is -2.21. The van der Waals surface area contributed by atoms with Crippen LogP contribution in [0.3, 0.4) is 0 Å². The number of ketones is 1. The third-order valence-electron chi connectivity index (χ3n) is 7.90. The van der Waals surface area contributed by atoms with Gasteiger partial charge in [0.1, 0.15) is 13.1 Å². The molecule has 1 amide bonds. The summed E-state index contributed by atoms with van der Waals surface area (Å²) in [5.74, 6) is 0.500. The predicted octanol–water partition coefficient (Wildman–Crippen LogP) is 4.31. The van der Waals surface area contributed by atoms with Crippen molar-refractivity contribution in [2.45, 2.75) is 49.7 Å². The number of amides is 1. The second kappa shape index (κ2) is 8.62. The zero-order chi connectivity index (χ0) is 22.2. The van der Waals surface area contributed by atoms with Crippen LogP contribution in [-0.4, -0.2) is 54.2 Å². The maximum absolute atomic E-state index is 13.0. The highest BCUT2D eigenvalue weighted by Gasteiger charge is 2.80. The Labute approximate surface area is 194 Å².